The molecule has 1 aliphatic carbocycles. The second-order valence-corrected chi connectivity index (χ2v) is 5.52. The van der Waals surface area contributed by atoms with E-state index in [-0.39, 0.29) is 6.04 Å². The predicted octanol–water partition coefficient (Wildman–Crippen LogP) is 0.687. The van der Waals surface area contributed by atoms with Gasteiger partial charge in [-0.05, 0) is 26.7 Å². The molecule has 1 rings (SSSR count). The fraction of sp³-hybridized carbons (Fsp3) is 0.933. The second-order valence-electron chi connectivity index (χ2n) is 5.52. The van der Waals surface area contributed by atoms with E-state index in [0.717, 1.165) is 44.8 Å². The summed E-state index contributed by atoms with van der Waals surface area (Å²) in [6.07, 6.45) is 2.63. The zero-order chi connectivity index (χ0) is 15.5. The Morgan fingerprint density at radius 2 is 2.05 bits per heavy atom. The zero-order valence-electron chi connectivity index (χ0n) is 14.0. The van der Waals surface area contributed by atoms with E-state index in [1.54, 1.807) is 14.2 Å². The van der Waals surface area contributed by atoms with Gasteiger partial charge in [0.05, 0.1) is 19.8 Å². The minimum absolute atomic E-state index is 0.251. The Hall–Kier alpha value is -0.850. The van der Waals surface area contributed by atoms with Gasteiger partial charge >= 0.3 is 0 Å². The Morgan fingerprint density at radius 1 is 1.29 bits per heavy atom. The van der Waals surface area contributed by atoms with Crippen molar-refractivity contribution in [1.82, 2.24) is 15.5 Å². The summed E-state index contributed by atoms with van der Waals surface area (Å²) in [5.41, 5.74) is 0. The van der Waals surface area contributed by atoms with E-state index in [9.17, 15) is 0 Å². The molecule has 1 aliphatic rings. The van der Waals surface area contributed by atoms with Crippen LogP contribution < -0.4 is 10.6 Å². The molecular weight excluding hydrogens is 268 g/mol. The fourth-order valence-electron chi connectivity index (χ4n) is 2.26. The first-order valence-electron chi connectivity index (χ1n) is 7.98. The first-order chi connectivity index (χ1) is 10.2. The number of methoxy groups -OCH3 is 2. The number of guanidine groups is 1. The number of nitrogens with one attached hydrogen (secondary N) is 2. The van der Waals surface area contributed by atoms with Gasteiger partial charge < -0.3 is 20.1 Å². The maximum absolute atomic E-state index is 5.18. The summed E-state index contributed by atoms with van der Waals surface area (Å²) in [7, 11) is 3.47. The van der Waals surface area contributed by atoms with Crippen molar-refractivity contribution in [3.63, 3.8) is 0 Å². The summed E-state index contributed by atoms with van der Waals surface area (Å²) < 4.78 is 10.3. The molecule has 0 bridgehead atoms. The molecular formula is C15H32N4O2. The van der Waals surface area contributed by atoms with Gasteiger partial charge in [0.15, 0.2) is 5.96 Å². The summed E-state index contributed by atoms with van der Waals surface area (Å²) in [5.74, 6) is 0.865. The van der Waals surface area contributed by atoms with E-state index < -0.39 is 0 Å². The normalized spacial score (nSPS) is 17.1. The fourth-order valence-corrected chi connectivity index (χ4v) is 2.26. The standard InChI is InChI=1S/C15H32N4O2/c1-5-16-15(18-13(2)12-21-4)17-8-9-19(10-11-20-3)14-6-7-14/h13-14H,5-12H2,1-4H3,(H2,16,17,18). The molecule has 124 valence electrons. The number of hydrogen-bond acceptors (Lipinski definition) is 4. The molecule has 0 aromatic rings. The first-order valence-corrected chi connectivity index (χ1v) is 7.98. The van der Waals surface area contributed by atoms with Crippen LogP contribution in [0.5, 0.6) is 0 Å². The molecule has 0 spiro atoms. The molecule has 6 heteroatoms. The van der Waals surface area contributed by atoms with Crippen LogP contribution in [0.15, 0.2) is 4.99 Å². The molecule has 6 nitrogen and oxygen atoms in total. The predicted molar refractivity (Wildman–Crippen MR) is 86.9 cm³/mol. The third kappa shape index (κ3) is 8.24. The molecule has 0 saturated heterocycles. The van der Waals surface area contributed by atoms with Crippen molar-refractivity contribution < 1.29 is 9.47 Å². The molecule has 0 heterocycles. The number of nitrogens with zero attached hydrogens (tertiary/aromatic N) is 2. The largest absolute Gasteiger partial charge is 0.383 e. The number of aliphatic imine (C=N–C) groups is 1. The molecule has 1 saturated carbocycles. The highest BCUT2D eigenvalue weighted by atomic mass is 16.5. The van der Waals surface area contributed by atoms with Gasteiger partial charge in [0, 0.05) is 45.9 Å². The van der Waals surface area contributed by atoms with Crippen molar-refractivity contribution in [1.29, 1.82) is 0 Å². The molecule has 0 amide bonds. The molecule has 1 atom stereocenters. The van der Waals surface area contributed by atoms with Crippen LogP contribution in [0.1, 0.15) is 26.7 Å². The van der Waals surface area contributed by atoms with Gasteiger partial charge in [-0.3, -0.25) is 9.89 Å². The Balaban J connectivity index is 2.36. The lowest BCUT2D eigenvalue weighted by atomic mass is 10.4. The van der Waals surface area contributed by atoms with Crippen LogP contribution in [0.3, 0.4) is 0 Å². The van der Waals surface area contributed by atoms with Crippen molar-refractivity contribution in [2.75, 3.05) is 53.6 Å². The number of rotatable bonds is 11. The minimum Gasteiger partial charge on any atom is -0.383 e. The molecule has 0 aromatic heterocycles. The maximum Gasteiger partial charge on any atom is 0.191 e. The summed E-state index contributed by atoms with van der Waals surface area (Å²) in [6.45, 7) is 9.29. The van der Waals surface area contributed by atoms with E-state index in [4.69, 9.17) is 9.47 Å². The number of hydrogen-bond donors (Lipinski definition) is 2. The van der Waals surface area contributed by atoms with Gasteiger partial charge in [-0.25, -0.2) is 0 Å². The lowest BCUT2D eigenvalue weighted by Crippen LogP contribution is -2.44. The topological polar surface area (TPSA) is 58.1 Å². The quantitative estimate of drug-likeness (QED) is 0.434. The van der Waals surface area contributed by atoms with Gasteiger partial charge in [-0.2, -0.15) is 0 Å². The highest BCUT2D eigenvalue weighted by molar-refractivity contribution is 5.80. The average molecular weight is 300 g/mol. The van der Waals surface area contributed by atoms with Crippen molar-refractivity contribution in [3.8, 4) is 0 Å². The van der Waals surface area contributed by atoms with Crippen LogP contribution in [-0.4, -0.2) is 76.6 Å². The van der Waals surface area contributed by atoms with Crippen LogP contribution in [0.25, 0.3) is 0 Å². The first kappa shape index (κ1) is 18.2. The van der Waals surface area contributed by atoms with Gasteiger partial charge in [0.2, 0.25) is 0 Å². The SMILES string of the molecule is CCNC(=NCCN(CCOC)C1CC1)NC(C)COC. The van der Waals surface area contributed by atoms with E-state index in [0.29, 0.717) is 6.61 Å². The molecule has 0 aromatic carbocycles. The summed E-state index contributed by atoms with van der Waals surface area (Å²) in [6, 6.07) is 0.999. The van der Waals surface area contributed by atoms with Gasteiger partial charge in [-0.15, -0.1) is 0 Å². The lowest BCUT2D eigenvalue weighted by Gasteiger charge is -2.21. The Bertz CT molecular complexity index is 295. The van der Waals surface area contributed by atoms with Gasteiger partial charge in [0.1, 0.15) is 0 Å². The lowest BCUT2D eigenvalue weighted by molar-refractivity contribution is 0.145. The van der Waals surface area contributed by atoms with E-state index in [1.807, 2.05) is 0 Å². The molecule has 2 N–H and O–H groups in total. The van der Waals surface area contributed by atoms with Gasteiger partial charge in [-0.1, -0.05) is 0 Å². The van der Waals surface area contributed by atoms with Crippen molar-refractivity contribution >= 4 is 5.96 Å². The highest BCUT2D eigenvalue weighted by Gasteiger charge is 2.28. The molecule has 1 unspecified atom stereocenters. The molecule has 0 radical (unpaired) electrons. The van der Waals surface area contributed by atoms with Crippen LogP contribution in [0.2, 0.25) is 0 Å². The summed E-state index contributed by atoms with van der Waals surface area (Å²) in [5, 5.41) is 6.63. The van der Waals surface area contributed by atoms with Gasteiger partial charge in [0.25, 0.3) is 0 Å². The van der Waals surface area contributed by atoms with Crippen LogP contribution >= 0.6 is 0 Å². The van der Waals surface area contributed by atoms with Crippen molar-refractivity contribution in [2.24, 2.45) is 4.99 Å². The average Bonchev–Trinajstić information content (AvgIpc) is 3.27. The Labute approximate surface area is 129 Å². The van der Waals surface area contributed by atoms with E-state index in [2.05, 4.69) is 34.4 Å². The minimum atomic E-state index is 0.251. The molecule has 1 fully saturated rings. The van der Waals surface area contributed by atoms with Crippen LogP contribution in [0, 0.1) is 0 Å². The van der Waals surface area contributed by atoms with Crippen LogP contribution in [-0.2, 0) is 9.47 Å². The summed E-state index contributed by atoms with van der Waals surface area (Å²) >= 11 is 0. The monoisotopic (exact) mass is 300 g/mol. The third-order valence-electron chi connectivity index (χ3n) is 3.45. The summed E-state index contributed by atoms with van der Waals surface area (Å²) in [4.78, 5) is 7.13. The third-order valence-corrected chi connectivity index (χ3v) is 3.45. The molecule has 0 aliphatic heterocycles. The molecule has 21 heavy (non-hydrogen) atoms. The van der Waals surface area contributed by atoms with Crippen LogP contribution in [0.4, 0.5) is 0 Å². The zero-order valence-corrected chi connectivity index (χ0v) is 14.0. The Kier molecular flexibility index (Phi) is 9.37. The van der Waals surface area contributed by atoms with E-state index in [1.165, 1.54) is 12.8 Å². The Morgan fingerprint density at radius 3 is 2.62 bits per heavy atom. The smallest absolute Gasteiger partial charge is 0.191 e. The maximum atomic E-state index is 5.18. The highest BCUT2D eigenvalue weighted by Crippen LogP contribution is 2.26. The van der Waals surface area contributed by atoms with Crippen molar-refractivity contribution in [3.05, 3.63) is 0 Å². The van der Waals surface area contributed by atoms with Crippen molar-refractivity contribution in [2.45, 2.75) is 38.8 Å². The van der Waals surface area contributed by atoms with E-state index >= 15 is 0 Å². The second kappa shape index (κ2) is 10.8. The number of ether oxygens (including phenoxy) is 2.